The summed E-state index contributed by atoms with van der Waals surface area (Å²) in [5.74, 6) is -0.181. The molecule has 7 heteroatoms. The fourth-order valence-electron chi connectivity index (χ4n) is 1.91. The predicted octanol–water partition coefficient (Wildman–Crippen LogP) is 0.251. The Bertz CT molecular complexity index is 483. The quantitative estimate of drug-likeness (QED) is 0.826. The second-order valence-corrected chi connectivity index (χ2v) is 5.12. The molecule has 1 aromatic heterocycles. The molecule has 1 saturated heterocycles. The van der Waals surface area contributed by atoms with Gasteiger partial charge in [0.2, 0.25) is 5.91 Å². The highest BCUT2D eigenvalue weighted by Gasteiger charge is 2.24. The first-order valence-electron chi connectivity index (χ1n) is 5.94. The summed E-state index contributed by atoms with van der Waals surface area (Å²) in [6.45, 7) is 1.78. The van der Waals surface area contributed by atoms with E-state index in [0.29, 0.717) is 30.3 Å². The van der Waals surface area contributed by atoms with Crippen molar-refractivity contribution in [2.45, 2.75) is 6.04 Å². The van der Waals surface area contributed by atoms with E-state index in [1.54, 1.807) is 11.4 Å². The second kappa shape index (κ2) is 6.63. The average Bonchev–Trinajstić information content (AvgIpc) is 2.86. The second-order valence-electron chi connectivity index (χ2n) is 4.21. The van der Waals surface area contributed by atoms with E-state index in [0.717, 1.165) is 0 Å². The highest BCUT2D eigenvalue weighted by Crippen LogP contribution is 2.22. The third-order valence-electron chi connectivity index (χ3n) is 2.95. The summed E-state index contributed by atoms with van der Waals surface area (Å²) < 4.78 is 5.25. The smallest absolute Gasteiger partial charge is 0.239 e. The number of aliphatic hydroxyl groups is 1. The molecule has 2 heterocycles. The average molecular weight is 281 g/mol. The number of carbonyl (C=O) groups is 1. The number of ether oxygens (including phenoxy) is 1. The molecule has 19 heavy (non-hydrogen) atoms. The summed E-state index contributed by atoms with van der Waals surface area (Å²) in [6.07, 6.45) is 0. The molecule has 0 radical (unpaired) electrons. The number of nitrogens with zero attached hydrogens (tertiary/aromatic N) is 2. The topological polar surface area (TPSA) is 85.6 Å². The first-order chi connectivity index (χ1) is 9.24. The van der Waals surface area contributed by atoms with E-state index in [2.05, 4.69) is 5.32 Å². The van der Waals surface area contributed by atoms with E-state index in [9.17, 15) is 9.90 Å². The standard InChI is InChI=1S/C12H15N3O3S/c13-5-9-1-4-19-12(9)14-11(17)6-15-2-3-18-8-10(15)7-16/h1,4,10,16H,2-3,6-8H2,(H,14,17). The van der Waals surface area contributed by atoms with Crippen molar-refractivity contribution in [3.05, 3.63) is 17.0 Å². The lowest BCUT2D eigenvalue weighted by molar-refractivity contribution is -0.120. The van der Waals surface area contributed by atoms with E-state index in [1.165, 1.54) is 11.3 Å². The number of thiophene rings is 1. The molecule has 0 bridgehead atoms. The third-order valence-corrected chi connectivity index (χ3v) is 3.78. The van der Waals surface area contributed by atoms with Crippen LogP contribution in [-0.4, -0.2) is 54.9 Å². The van der Waals surface area contributed by atoms with Crippen LogP contribution in [-0.2, 0) is 9.53 Å². The number of rotatable bonds is 4. The number of nitrogens with one attached hydrogen (secondary N) is 1. The van der Waals surface area contributed by atoms with Gasteiger partial charge in [0.05, 0.1) is 38.0 Å². The van der Waals surface area contributed by atoms with Crippen LogP contribution >= 0.6 is 11.3 Å². The van der Waals surface area contributed by atoms with Crippen molar-refractivity contribution < 1.29 is 14.6 Å². The molecular formula is C12H15N3O3S. The van der Waals surface area contributed by atoms with Crippen LogP contribution in [0.15, 0.2) is 11.4 Å². The lowest BCUT2D eigenvalue weighted by Crippen LogP contribution is -2.50. The molecule has 6 nitrogen and oxygen atoms in total. The van der Waals surface area contributed by atoms with Crippen LogP contribution in [0.5, 0.6) is 0 Å². The number of carbonyl (C=O) groups excluding carboxylic acids is 1. The Labute approximate surface area is 115 Å². The van der Waals surface area contributed by atoms with Gasteiger partial charge in [0.25, 0.3) is 0 Å². The van der Waals surface area contributed by atoms with Gasteiger partial charge in [-0.05, 0) is 11.4 Å². The highest BCUT2D eigenvalue weighted by atomic mass is 32.1. The molecule has 1 aliphatic heterocycles. The summed E-state index contributed by atoms with van der Waals surface area (Å²) in [6, 6.07) is 3.56. The van der Waals surface area contributed by atoms with Crippen molar-refractivity contribution in [3.63, 3.8) is 0 Å². The molecule has 102 valence electrons. The first kappa shape index (κ1) is 14.0. The van der Waals surface area contributed by atoms with Gasteiger partial charge in [-0.3, -0.25) is 9.69 Å². The van der Waals surface area contributed by atoms with Crippen molar-refractivity contribution in [3.8, 4) is 6.07 Å². The van der Waals surface area contributed by atoms with E-state index in [1.807, 2.05) is 11.0 Å². The molecule has 0 saturated carbocycles. The Morgan fingerprint density at radius 1 is 1.74 bits per heavy atom. The molecule has 1 aliphatic rings. The SMILES string of the molecule is N#Cc1ccsc1NC(=O)CN1CCOCC1CO. The van der Waals surface area contributed by atoms with E-state index < -0.39 is 0 Å². The molecule has 1 fully saturated rings. The van der Waals surface area contributed by atoms with Gasteiger partial charge in [-0.15, -0.1) is 11.3 Å². The fraction of sp³-hybridized carbons (Fsp3) is 0.500. The zero-order valence-corrected chi connectivity index (χ0v) is 11.2. The molecule has 0 spiro atoms. The monoisotopic (exact) mass is 281 g/mol. The minimum absolute atomic E-state index is 0.0320. The molecule has 1 aromatic rings. The van der Waals surface area contributed by atoms with E-state index >= 15 is 0 Å². The minimum atomic E-state index is -0.181. The molecule has 2 rings (SSSR count). The molecule has 1 atom stereocenters. The number of aliphatic hydroxyl groups excluding tert-OH is 1. The number of morpholine rings is 1. The molecule has 1 amide bonds. The van der Waals surface area contributed by atoms with Crippen LogP contribution in [0.3, 0.4) is 0 Å². The first-order valence-corrected chi connectivity index (χ1v) is 6.82. The largest absolute Gasteiger partial charge is 0.395 e. The van der Waals surface area contributed by atoms with Gasteiger partial charge in [0.1, 0.15) is 11.1 Å². The summed E-state index contributed by atoms with van der Waals surface area (Å²) in [7, 11) is 0. The van der Waals surface area contributed by atoms with Crippen LogP contribution in [0, 0.1) is 11.3 Å². The lowest BCUT2D eigenvalue weighted by Gasteiger charge is -2.33. The van der Waals surface area contributed by atoms with Crippen molar-refractivity contribution >= 4 is 22.2 Å². The Morgan fingerprint density at radius 2 is 2.58 bits per heavy atom. The van der Waals surface area contributed by atoms with Gasteiger partial charge in [-0.2, -0.15) is 5.26 Å². The van der Waals surface area contributed by atoms with Crippen LogP contribution in [0.2, 0.25) is 0 Å². The number of anilines is 1. The van der Waals surface area contributed by atoms with Crippen LogP contribution in [0.4, 0.5) is 5.00 Å². The molecular weight excluding hydrogens is 266 g/mol. The lowest BCUT2D eigenvalue weighted by atomic mass is 10.2. The normalized spacial score (nSPS) is 19.9. The Kier molecular flexibility index (Phi) is 4.87. The summed E-state index contributed by atoms with van der Waals surface area (Å²) in [5.41, 5.74) is 0.471. The van der Waals surface area contributed by atoms with Gasteiger partial charge in [-0.1, -0.05) is 0 Å². The van der Waals surface area contributed by atoms with E-state index in [4.69, 9.17) is 10.00 Å². The fourth-order valence-corrected chi connectivity index (χ4v) is 2.66. The van der Waals surface area contributed by atoms with Crippen LogP contribution < -0.4 is 5.32 Å². The van der Waals surface area contributed by atoms with Crippen LogP contribution in [0.25, 0.3) is 0 Å². The third kappa shape index (κ3) is 3.52. The summed E-state index contributed by atoms with van der Waals surface area (Å²) in [5, 5.41) is 23.1. The summed E-state index contributed by atoms with van der Waals surface area (Å²) in [4.78, 5) is 13.8. The zero-order valence-electron chi connectivity index (χ0n) is 10.3. The predicted molar refractivity (Wildman–Crippen MR) is 70.9 cm³/mol. The summed E-state index contributed by atoms with van der Waals surface area (Å²) >= 11 is 1.32. The van der Waals surface area contributed by atoms with Gasteiger partial charge in [-0.25, -0.2) is 0 Å². The van der Waals surface area contributed by atoms with E-state index in [-0.39, 0.29) is 25.1 Å². The number of nitriles is 1. The maximum atomic E-state index is 11.9. The van der Waals surface area contributed by atoms with Gasteiger partial charge in [0, 0.05) is 6.54 Å². The number of hydrogen-bond donors (Lipinski definition) is 2. The number of hydrogen-bond acceptors (Lipinski definition) is 6. The zero-order chi connectivity index (χ0) is 13.7. The van der Waals surface area contributed by atoms with Crippen LogP contribution in [0.1, 0.15) is 5.56 Å². The van der Waals surface area contributed by atoms with Gasteiger partial charge in [0.15, 0.2) is 0 Å². The Balaban J connectivity index is 1.92. The van der Waals surface area contributed by atoms with Crippen molar-refractivity contribution in [2.75, 3.05) is 38.2 Å². The minimum Gasteiger partial charge on any atom is -0.395 e. The Morgan fingerprint density at radius 3 is 3.32 bits per heavy atom. The van der Waals surface area contributed by atoms with Gasteiger partial charge < -0.3 is 15.2 Å². The molecule has 1 unspecified atom stereocenters. The van der Waals surface area contributed by atoms with Crippen molar-refractivity contribution in [1.82, 2.24) is 4.90 Å². The molecule has 0 aromatic carbocycles. The maximum Gasteiger partial charge on any atom is 0.239 e. The Hall–Kier alpha value is -1.46. The highest BCUT2D eigenvalue weighted by molar-refractivity contribution is 7.14. The molecule has 0 aliphatic carbocycles. The van der Waals surface area contributed by atoms with Crippen molar-refractivity contribution in [2.24, 2.45) is 0 Å². The molecule has 2 N–H and O–H groups in total. The number of amides is 1. The maximum absolute atomic E-state index is 11.9. The van der Waals surface area contributed by atoms with Crippen molar-refractivity contribution in [1.29, 1.82) is 5.26 Å². The van der Waals surface area contributed by atoms with Gasteiger partial charge >= 0.3 is 0 Å².